The highest BCUT2D eigenvalue weighted by Crippen LogP contribution is 2.36. The quantitative estimate of drug-likeness (QED) is 0.743. The number of carbonyl (C=O) groups is 2. The smallest absolute Gasteiger partial charge is 0.296 e. The van der Waals surface area contributed by atoms with Gasteiger partial charge in [-0.15, -0.1) is 0 Å². The Morgan fingerprint density at radius 2 is 1.39 bits per heavy atom. The Morgan fingerprint density at radius 3 is 1.96 bits per heavy atom. The first-order valence-electron chi connectivity index (χ1n) is 10.6. The molecule has 0 radical (unpaired) electrons. The van der Waals surface area contributed by atoms with Crippen molar-refractivity contribution in [2.24, 2.45) is 0 Å². The van der Waals surface area contributed by atoms with Gasteiger partial charge in [0.2, 0.25) is 0 Å². The van der Waals surface area contributed by atoms with Crippen LogP contribution in [-0.2, 0) is 9.59 Å². The molecule has 0 atom stereocenters. The lowest BCUT2D eigenvalue weighted by molar-refractivity contribution is -0.141. The monoisotopic (exact) mass is 385 g/mol. The molecule has 0 bridgehead atoms. The van der Waals surface area contributed by atoms with E-state index in [1.165, 1.54) is 44.1 Å². The molecule has 0 aromatic heterocycles. The summed E-state index contributed by atoms with van der Waals surface area (Å²) >= 11 is 0. The Morgan fingerprint density at radius 1 is 0.857 bits per heavy atom. The van der Waals surface area contributed by atoms with Crippen LogP contribution in [0.4, 0.5) is 0 Å². The molecule has 2 amide bonds. The van der Waals surface area contributed by atoms with Crippen molar-refractivity contribution in [1.82, 2.24) is 4.90 Å². The first-order chi connectivity index (χ1) is 13.6. The first kappa shape index (κ1) is 20.4. The molecular weight excluding hydrogens is 354 g/mol. The summed E-state index contributed by atoms with van der Waals surface area (Å²) < 4.78 is 5.34. The summed E-state index contributed by atoms with van der Waals surface area (Å²) in [6.45, 7) is 0. The molecule has 1 aromatic carbocycles. The molecule has 5 nitrogen and oxygen atoms in total. The van der Waals surface area contributed by atoms with E-state index < -0.39 is 17.6 Å². The zero-order valence-corrected chi connectivity index (χ0v) is 16.8. The maximum atomic E-state index is 13.2. The molecule has 1 aliphatic heterocycles. The molecule has 152 valence electrons. The van der Waals surface area contributed by atoms with Crippen LogP contribution >= 0.6 is 0 Å². The minimum Gasteiger partial charge on any atom is -0.502 e. The van der Waals surface area contributed by atoms with E-state index in [1.807, 2.05) is 0 Å². The second kappa shape index (κ2) is 9.76. The predicted octanol–water partition coefficient (Wildman–Crippen LogP) is 5.01. The van der Waals surface area contributed by atoms with Crippen LogP contribution in [0.1, 0.15) is 76.2 Å². The van der Waals surface area contributed by atoms with Crippen LogP contribution in [0.15, 0.2) is 30.0 Å². The van der Waals surface area contributed by atoms with Gasteiger partial charge in [0.1, 0.15) is 5.75 Å². The average molecular weight is 386 g/mol. The van der Waals surface area contributed by atoms with E-state index in [9.17, 15) is 14.7 Å². The molecular formula is C23H31NO4. The van der Waals surface area contributed by atoms with E-state index in [2.05, 4.69) is 0 Å². The maximum absolute atomic E-state index is 13.2. The minimum atomic E-state index is -0.567. The van der Waals surface area contributed by atoms with Crippen molar-refractivity contribution in [1.29, 1.82) is 0 Å². The summed E-state index contributed by atoms with van der Waals surface area (Å²) in [6, 6.07) is 6.86. The van der Waals surface area contributed by atoms with Crippen LogP contribution in [0.5, 0.6) is 5.75 Å². The highest BCUT2D eigenvalue weighted by molar-refractivity contribution is 6.35. The van der Waals surface area contributed by atoms with Gasteiger partial charge in [-0.05, 0) is 18.9 Å². The zero-order valence-electron chi connectivity index (χ0n) is 16.8. The van der Waals surface area contributed by atoms with E-state index in [1.54, 1.807) is 24.3 Å². The maximum Gasteiger partial charge on any atom is 0.296 e. The van der Waals surface area contributed by atoms with E-state index in [0.29, 0.717) is 11.3 Å². The number of nitrogens with zero attached hydrogens (tertiary/aromatic N) is 1. The number of imide groups is 1. The average Bonchev–Trinajstić information content (AvgIpc) is 2.91. The second-order valence-electron chi connectivity index (χ2n) is 7.82. The largest absolute Gasteiger partial charge is 0.502 e. The van der Waals surface area contributed by atoms with Gasteiger partial charge in [-0.2, -0.15) is 0 Å². The van der Waals surface area contributed by atoms with E-state index in [0.717, 1.165) is 38.5 Å². The lowest BCUT2D eigenvalue weighted by Crippen LogP contribution is -2.41. The number of amides is 2. The number of methoxy groups -OCH3 is 1. The molecule has 2 aliphatic rings. The van der Waals surface area contributed by atoms with Crippen LogP contribution in [0.25, 0.3) is 5.57 Å². The van der Waals surface area contributed by atoms with Crippen LogP contribution in [0.3, 0.4) is 0 Å². The number of para-hydroxylation sites is 1. The van der Waals surface area contributed by atoms with Crippen molar-refractivity contribution in [2.45, 2.75) is 76.7 Å². The first-order valence-corrected chi connectivity index (χ1v) is 10.6. The Kier molecular flexibility index (Phi) is 7.12. The van der Waals surface area contributed by atoms with Crippen molar-refractivity contribution in [3.8, 4) is 5.75 Å². The molecule has 1 aromatic rings. The molecule has 1 fully saturated rings. The number of carbonyl (C=O) groups excluding carboxylic acids is 2. The van der Waals surface area contributed by atoms with Gasteiger partial charge in [-0.3, -0.25) is 14.5 Å². The SMILES string of the molecule is COc1ccccc1C1=C(O)C(=O)N(C2CCCCCCCCCCC2)C1=O. The summed E-state index contributed by atoms with van der Waals surface area (Å²) in [7, 11) is 1.52. The highest BCUT2D eigenvalue weighted by Gasteiger charge is 2.43. The molecule has 0 unspecified atom stereocenters. The number of ether oxygens (including phenoxy) is 1. The number of hydrogen-bond acceptors (Lipinski definition) is 4. The molecule has 1 aliphatic carbocycles. The summed E-state index contributed by atoms with van der Waals surface area (Å²) in [6.07, 6.45) is 12.2. The van der Waals surface area contributed by atoms with Crippen LogP contribution in [0.2, 0.25) is 0 Å². The lowest BCUT2D eigenvalue weighted by Gasteiger charge is -2.27. The van der Waals surface area contributed by atoms with Crippen molar-refractivity contribution < 1.29 is 19.4 Å². The Labute approximate surface area is 167 Å². The zero-order chi connectivity index (χ0) is 19.9. The number of aliphatic hydroxyl groups is 1. The summed E-state index contributed by atoms with van der Waals surface area (Å²) in [5.74, 6) is -0.946. The van der Waals surface area contributed by atoms with Gasteiger partial charge in [0.25, 0.3) is 11.8 Å². The van der Waals surface area contributed by atoms with Gasteiger partial charge in [0.15, 0.2) is 5.76 Å². The molecule has 28 heavy (non-hydrogen) atoms. The van der Waals surface area contributed by atoms with Gasteiger partial charge in [0.05, 0.1) is 12.7 Å². The van der Waals surface area contributed by atoms with Gasteiger partial charge < -0.3 is 9.84 Å². The molecule has 1 N–H and O–H groups in total. The molecule has 5 heteroatoms. The number of hydrogen-bond donors (Lipinski definition) is 1. The van der Waals surface area contributed by atoms with Crippen LogP contribution < -0.4 is 4.74 Å². The standard InChI is InChI=1S/C23H31NO4/c1-28-19-16-12-11-15-18(19)20-21(25)23(27)24(22(20)26)17-13-9-7-5-3-2-4-6-8-10-14-17/h11-12,15-17,25H,2-10,13-14H2,1H3. The topological polar surface area (TPSA) is 66.8 Å². The van der Waals surface area contributed by atoms with Crippen LogP contribution in [0, 0.1) is 0 Å². The van der Waals surface area contributed by atoms with E-state index >= 15 is 0 Å². The third-order valence-electron chi connectivity index (χ3n) is 5.91. The number of aliphatic hydroxyl groups excluding tert-OH is 1. The van der Waals surface area contributed by atoms with Crippen molar-refractivity contribution in [2.75, 3.05) is 7.11 Å². The summed E-state index contributed by atoms with van der Waals surface area (Å²) in [5, 5.41) is 10.5. The van der Waals surface area contributed by atoms with Crippen molar-refractivity contribution in [3.63, 3.8) is 0 Å². The highest BCUT2D eigenvalue weighted by atomic mass is 16.5. The summed E-state index contributed by atoms with van der Waals surface area (Å²) in [5.41, 5.74) is 0.532. The van der Waals surface area contributed by atoms with Crippen molar-refractivity contribution >= 4 is 17.4 Å². The Balaban J connectivity index is 1.82. The normalized spacial score (nSPS) is 20.8. The molecule has 0 spiro atoms. The van der Waals surface area contributed by atoms with Crippen LogP contribution in [-0.4, -0.2) is 35.0 Å². The van der Waals surface area contributed by atoms with Gasteiger partial charge in [0, 0.05) is 11.6 Å². The van der Waals surface area contributed by atoms with Crippen molar-refractivity contribution in [3.05, 3.63) is 35.6 Å². The number of benzene rings is 1. The fraction of sp³-hybridized carbons (Fsp3) is 0.565. The van der Waals surface area contributed by atoms with Gasteiger partial charge in [-0.1, -0.05) is 76.0 Å². The van der Waals surface area contributed by atoms with Gasteiger partial charge >= 0.3 is 0 Å². The Bertz CT molecular complexity index is 728. The second-order valence-corrected chi connectivity index (χ2v) is 7.82. The van der Waals surface area contributed by atoms with E-state index in [4.69, 9.17) is 4.74 Å². The van der Waals surface area contributed by atoms with Gasteiger partial charge in [-0.25, -0.2) is 0 Å². The predicted molar refractivity (Wildman–Crippen MR) is 109 cm³/mol. The lowest BCUT2D eigenvalue weighted by atomic mass is 9.96. The fourth-order valence-electron chi connectivity index (χ4n) is 4.36. The molecule has 1 saturated carbocycles. The summed E-state index contributed by atoms with van der Waals surface area (Å²) in [4.78, 5) is 27.3. The Hall–Kier alpha value is -2.30. The fourth-order valence-corrected chi connectivity index (χ4v) is 4.36. The molecule has 3 rings (SSSR count). The molecule has 1 heterocycles. The third-order valence-corrected chi connectivity index (χ3v) is 5.91. The molecule has 0 saturated heterocycles. The number of rotatable bonds is 3. The third kappa shape index (κ3) is 4.40. The van der Waals surface area contributed by atoms with E-state index in [-0.39, 0.29) is 11.6 Å². The minimum absolute atomic E-state index is 0.0635.